The van der Waals surface area contributed by atoms with Gasteiger partial charge >= 0.3 is 39.5 Å². The molecule has 0 aliphatic heterocycles. The van der Waals surface area contributed by atoms with Gasteiger partial charge in [-0.05, 0) is 37.5 Å². The van der Waals surface area contributed by atoms with Crippen LogP contribution < -0.4 is 0 Å². The van der Waals surface area contributed by atoms with Crippen LogP contribution in [0.4, 0.5) is 0 Å². The third-order valence-corrected chi connectivity index (χ3v) is 19.4. The molecule has 0 aromatic carbocycles. The largest absolute Gasteiger partial charge is 0.472 e. The van der Waals surface area contributed by atoms with Crippen LogP contribution in [0.25, 0.3) is 0 Å². The highest BCUT2D eigenvalue weighted by atomic mass is 31.2. The average molecular weight is 1380 g/mol. The summed E-state index contributed by atoms with van der Waals surface area (Å²) in [6.45, 7) is 9.53. The van der Waals surface area contributed by atoms with E-state index in [1.54, 1.807) is 0 Å². The van der Waals surface area contributed by atoms with Crippen molar-refractivity contribution in [1.29, 1.82) is 0 Å². The van der Waals surface area contributed by atoms with Gasteiger partial charge in [0.1, 0.15) is 19.3 Å². The SMILES string of the molecule is CCCCCCCCCCCCCCCCCCCCCCC(=O)O[C@H](COC(=O)CCCCCCCCCCCCCCC(C)C)COP(=O)(O)OC[C@@H](O)COP(=O)(O)OC[C@@H](COC(=O)CCCCCCCCCC)OC(=O)CCCCCCCCCCC(C)C. The fourth-order valence-electron chi connectivity index (χ4n) is 11.5. The molecule has 0 rings (SSSR count). The zero-order valence-electron chi connectivity index (χ0n) is 61.3. The molecule has 558 valence electrons. The number of aliphatic hydroxyl groups excluding tert-OH is 1. The molecule has 0 bridgehead atoms. The first-order valence-electron chi connectivity index (χ1n) is 39.0. The highest BCUT2D eigenvalue weighted by Gasteiger charge is 2.30. The van der Waals surface area contributed by atoms with E-state index in [4.69, 9.17) is 37.0 Å². The minimum atomic E-state index is -4.96. The van der Waals surface area contributed by atoms with Crippen molar-refractivity contribution in [2.75, 3.05) is 39.6 Å². The first-order chi connectivity index (χ1) is 45.4. The lowest BCUT2D eigenvalue weighted by molar-refractivity contribution is -0.161. The van der Waals surface area contributed by atoms with Crippen molar-refractivity contribution in [3.8, 4) is 0 Å². The zero-order valence-corrected chi connectivity index (χ0v) is 63.1. The molecule has 19 heteroatoms. The molecule has 0 fully saturated rings. The molecule has 3 N–H and O–H groups in total. The molecule has 2 unspecified atom stereocenters. The van der Waals surface area contributed by atoms with Crippen LogP contribution in [0.15, 0.2) is 0 Å². The Kier molecular flexibility index (Phi) is 65.5. The number of aliphatic hydroxyl groups is 1. The summed E-state index contributed by atoms with van der Waals surface area (Å²) in [5, 5.41) is 10.6. The lowest BCUT2D eigenvalue weighted by Crippen LogP contribution is -2.30. The fraction of sp³-hybridized carbons (Fsp3) is 0.947. The smallest absolute Gasteiger partial charge is 0.462 e. The van der Waals surface area contributed by atoms with Crippen LogP contribution in [0.3, 0.4) is 0 Å². The van der Waals surface area contributed by atoms with Crippen LogP contribution in [0.1, 0.15) is 388 Å². The maximum Gasteiger partial charge on any atom is 0.472 e. The summed E-state index contributed by atoms with van der Waals surface area (Å²) in [7, 11) is -9.90. The van der Waals surface area contributed by atoms with Crippen molar-refractivity contribution in [3.63, 3.8) is 0 Å². The molecule has 0 aliphatic carbocycles. The Labute approximate surface area is 575 Å². The Morgan fingerprint density at radius 1 is 0.287 bits per heavy atom. The highest BCUT2D eigenvalue weighted by Crippen LogP contribution is 2.45. The maximum absolute atomic E-state index is 13.1. The Bertz CT molecular complexity index is 1820. The summed E-state index contributed by atoms with van der Waals surface area (Å²) < 4.78 is 68.4. The topological polar surface area (TPSA) is 237 Å². The van der Waals surface area contributed by atoms with Crippen molar-refractivity contribution in [1.82, 2.24) is 0 Å². The van der Waals surface area contributed by atoms with Crippen LogP contribution in [-0.2, 0) is 65.4 Å². The quantitative estimate of drug-likeness (QED) is 0.0222. The third kappa shape index (κ3) is 68.6. The zero-order chi connectivity index (χ0) is 69.3. The molecule has 0 heterocycles. The third-order valence-electron chi connectivity index (χ3n) is 17.5. The monoisotopic (exact) mass is 1380 g/mol. The molecule has 0 saturated heterocycles. The summed E-state index contributed by atoms with van der Waals surface area (Å²) in [4.78, 5) is 72.6. The van der Waals surface area contributed by atoms with Gasteiger partial charge in [-0.25, -0.2) is 9.13 Å². The molecule has 0 aliphatic rings. The summed E-state index contributed by atoms with van der Waals surface area (Å²) in [5.74, 6) is -0.621. The maximum atomic E-state index is 13.1. The van der Waals surface area contributed by atoms with Crippen molar-refractivity contribution in [2.24, 2.45) is 11.8 Å². The van der Waals surface area contributed by atoms with Crippen LogP contribution >= 0.6 is 15.6 Å². The second-order valence-electron chi connectivity index (χ2n) is 28.0. The number of esters is 4. The number of phosphoric acid groups is 2. The number of hydrogen-bond acceptors (Lipinski definition) is 15. The number of hydrogen-bond donors (Lipinski definition) is 3. The van der Waals surface area contributed by atoms with Crippen molar-refractivity contribution < 1.29 is 80.2 Å². The summed E-state index contributed by atoms with van der Waals surface area (Å²) in [6, 6.07) is 0. The van der Waals surface area contributed by atoms with Gasteiger partial charge in [-0.15, -0.1) is 0 Å². The molecular formula is C75H146O17P2. The summed E-state index contributed by atoms with van der Waals surface area (Å²) in [5.41, 5.74) is 0. The molecule has 5 atom stereocenters. The minimum absolute atomic E-state index is 0.104. The summed E-state index contributed by atoms with van der Waals surface area (Å²) in [6.07, 6.45) is 54.3. The Morgan fingerprint density at radius 3 is 0.723 bits per heavy atom. The molecule has 0 saturated carbocycles. The number of phosphoric ester groups is 2. The van der Waals surface area contributed by atoms with E-state index in [0.717, 1.165) is 108 Å². The molecule has 94 heavy (non-hydrogen) atoms. The second-order valence-corrected chi connectivity index (χ2v) is 30.9. The lowest BCUT2D eigenvalue weighted by atomic mass is 10.0. The molecule has 17 nitrogen and oxygen atoms in total. The molecule has 0 radical (unpaired) electrons. The second kappa shape index (κ2) is 66.9. The van der Waals surface area contributed by atoms with E-state index in [1.165, 1.54) is 199 Å². The first kappa shape index (κ1) is 92.1. The predicted octanol–water partition coefficient (Wildman–Crippen LogP) is 21.9. The molecule has 0 aromatic heterocycles. The number of carbonyl (C=O) groups excluding carboxylic acids is 4. The van der Waals surface area contributed by atoms with E-state index in [-0.39, 0.29) is 25.7 Å². The van der Waals surface area contributed by atoms with Gasteiger partial charge in [-0.2, -0.15) is 0 Å². The van der Waals surface area contributed by atoms with Gasteiger partial charge in [0.05, 0.1) is 26.4 Å². The highest BCUT2D eigenvalue weighted by molar-refractivity contribution is 7.47. The van der Waals surface area contributed by atoms with E-state index in [9.17, 15) is 43.2 Å². The Balaban J connectivity index is 5.19. The van der Waals surface area contributed by atoms with Gasteiger partial charge in [0, 0.05) is 25.7 Å². The Morgan fingerprint density at radius 2 is 0.489 bits per heavy atom. The van der Waals surface area contributed by atoms with Crippen molar-refractivity contribution >= 4 is 39.5 Å². The van der Waals surface area contributed by atoms with Crippen LogP contribution in [-0.4, -0.2) is 96.7 Å². The van der Waals surface area contributed by atoms with Gasteiger partial charge in [0.2, 0.25) is 0 Å². The van der Waals surface area contributed by atoms with E-state index < -0.39 is 97.5 Å². The predicted molar refractivity (Wildman–Crippen MR) is 381 cm³/mol. The van der Waals surface area contributed by atoms with E-state index >= 15 is 0 Å². The van der Waals surface area contributed by atoms with Gasteiger partial charge in [-0.3, -0.25) is 37.3 Å². The van der Waals surface area contributed by atoms with E-state index in [2.05, 4.69) is 41.5 Å². The normalized spacial score (nSPS) is 14.0. The summed E-state index contributed by atoms with van der Waals surface area (Å²) >= 11 is 0. The molecule has 0 aromatic rings. The van der Waals surface area contributed by atoms with Gasteiger partial charge in [0.25, 0.3) is 0 Å². The van der Waals surface area contributed by atoms with Gasteiger partial charge in [-0.1, -0.05) is 337 Å². The minimum Gasteiger partial charge on any atom is -0.462 e. The van der Waals surface area contributed by atoms with Crippen molar-refractivity contribution in [3.05, 3.63) is 0 Å². The number of rotatable bonds is 74. The van der Waals surface area contributed by atoms with Crippen LogP contribution in [0.5, 0.6) is 0 Å². The fourth-order valence-corrected chi connectivity index (χ4v) is 13.1. The van der Waals surface area contributed by atoms with Crippen molar-refractivity contribution in [2.45, 2.75) is 407 Å². The Hall–Kier alpha value is -1.94. The lowest BCUT2D eigenvalue weighted by Gasteiger charge is -2.21. The van der Waals surface area contributed by atoms with E-state index in [1.807, 2.05) is 0 Å². The van der Waals surface area contributed by atoms with Crippen LogP contribution in [0.2, 0.25) is 0 Å². The molecule has 0 amide bonds. The molecule has 0 spiro atoms. The van der Waals surface area contributed by atoms with Gasteiger partial charge in [0.15, 0.2) is 12.2 Å². The number of ether oxygens (including phenoxy) is 4. The van der Waals surface area contributed by atoms with Crippen LogP contribution in [0, 0.1) is 11.8 Å². The first-order valence-corrected chi connectivity index (χ1v) is 42.0. The average Bonchev–Trinajstić information content (AvgIpc) is 1.39. The molecular weight excluding hydrogens is 1230 g/mol. The van der Waals surface area contributed by atoms with E-state index in [0.29, 0.717) is 25.7 Å². The number of unbranched alkanes of at least 4 members (excludes halogenated alkanes) is 44. The standard InChI is InChI=1S/C75H146O17P2/c1-7-9-11-13-15-17-18-19-20-21-22-23-24-25-26-31-34-41-47-53-59-74(79)91-71(64-86-73(78)58-52-46-40-33-30-28-27-29-32-37-43-49-55-67(3)4)66-90-94(83,84)88-62-69(76)61-87-93(81,82)89-65-70(63-85-72(77)57-51-45-39-16-14-12-10-8-2)92-75(80)60-54-48-42-36-35-38-44-50-56-68(5)6/h67-71,76H,7-66H2,1-6H3,(H,81,82)(H,83,84)/t69-,70+,71+/m0/s1. The number of carbonyl (C=O) groups is 4. The van der Waals surface area contributed by atoms with Gasteiger partial charge < -0.3 is 33.8 Å².